The number of aliphatic hydroxyl groups excluding tert-OH is 1. The topological polar surface area (TPSA) is 184 Å². The molecule has 244 valence electrons. The number of ether oxygens (including phenoxy) is 2. The molecular formula is C29H38ClN6O8P. The highest BCUT2D eigenvalue weighted by atomic mass is 35.5. The van der Waals surface area contributed by atoms with Crippen LogP contribution in [0.25, 0.3) is 11.0 Å². The maximum absolute atomic E-state index is 14.3. The van der Waals surface area contributed by atoms with Crippen LogP contribution >= 0.6 is 19.3 Å². The van der Waals surface area contributed by atoms with E-state index in [2.05, 4.69) is 15.1 Å². The van der Waals surface area contributed by atoms with Crippen molar-refractivity contribution in [2.24, 2.45) is 5.84 Å². The van der Waals surface area contributed by atoms with Crippen LogP contribution in [0.1, 0.15) is 58.6 Å². The van der Waals surface area contributed by atoms with Crippen molar-refractivity contribution < 1.29 is 38.1 Å². The summed E-state index contributed by atoms with van der Waals surface area (Å²) >= 11 is 6.02. The lowest BCUT2D eigenvalue weighted by Gasteiger charge is -2.28. The molecule has 5 N–H and O–H groups in total. The summed E-state index contributed by atoms with van der Waals surface area (Å²) in [7, 11) is -4.29. The first kappa shape index (κ1) is 32.1. The fraction of sp³-hybridized carbons (Fsp3) is 0.552. The lowest BCUT2D eigenvalue weighted by Crippen LogP contribution is -2.45. The second-order valence-electron chi connectivity index (χ2n) is 12.0. The van der Waals surface area contributed by atoms with Gasteiger partial charge in [-0.2, -0.15) is 5.09 Å². The molecule has 3 unspecified atom stereocenters. The van der Waals surface area contributed by atoms with Crippen molar-refractivity contribution in [1.29, 1.82) is 0 Å². The summed E-state index contributed by atoms with van der Waals surface area (Å²) < 4.78 is 39.4. The number of aliphatic hydroxyl groups is 2. The van der Waals surface area contributed by atoms with Gasteiger partial charge in [-0.3, -0.25) is 14.3 Å². The number of fused-ring (bicyclic) bond motifs is 1. The van der Waals surface area contributed by atoms with Gasteiger partial charge in [0.1, 0.15) is 47.2 Å². The fourth-order valence-electron chi connectivity index (χ4n) is 5.81. The molecule has 3 heterocycles. The van der Waals surface area contributed by atoms with E-state index in [1.165, 1.54) is 30.4 Å². The molecule has 16 heteroatoms. The monoisotopic (exact) mass is 664 g/mol. The van der Waals surface area contributed by atoms with Crippen LogP contribution in [-0.4, -0.2) is 73.3 Å². The lowest BCUT2D eigenvalue weighted by molar-refractivity contribution is -0.152. The Hall–Kier alpha value is -2.81. The van der Waals surface area contributed by atoms with E-state index >= 15 is 0 Å². The van der Waals surface area contributed by atoms with Crippen molar-refractivity contribution in [2.75, 3.05) is 18.2 Å². The van der Waals surface area contributed by atoms with Crippen LogP contribution in [0.3, 0.4) is 0 Å². The summed E-state index contributed by atoms with van der Waals surface area (Å²) in [5.74, 6) is 6.26. The predicted octanol–water partition coefficient (Wildman–Crippen LogP) is 3.61. The van der Waals surface area contributed by atoms with Gasteiger partial charge in [-0.25, -0.2) is 20.4 Å². The number of esters is 1. The van der Waals surface area contributed by atoms with Crippen molar-refractivity contribution >= 4 is 42.2 Å². The van der Waals surface area contributed by atoms with E-state index in [1.807, 2.05) is 6.92 Å². The molecule has 5 atom stereocenters. The first-order chi connectivity index (χ1) is 21.4. The third-order valence-electron chi connectivity index (χ3n) is 8.62. The number of hydrogen-bond donors (Lipinski definition) is 4. The third kappa shape index (κ3) is 6.43. The Morgan fingerprint density at radius 2 is 1.96 bits per heavy atom. The number of rotatable bonds is 12. The highest BCUT2D eigenvalue weighted by Gasteiger charge is 2.58. The second kappa shape index (κ2) is 12.4. The number of nitrogens with two attached hydrogens (primary N) is 1. The van der Waals surface area contributed by atoms with Gasteiger partial charge in [-0.05, 0) is 82.7 Å². The molecule has 0 amide bonds. The van der Waals surface area contributed by atoms with Crippen LogP contribution in [0.5, 0.6) is 5.75 Å². The largest absolute Gasteiger partial charge is 0.461 e. The molecule has 0 radical (unpaired) electrons. The molecule has 1 saturated heterocycles. The first-order valence-electron chi connectivity index (χ1n) is 15.0. The van der Waals surface area contributed by atoms with Gasteiger partial charge in [-0.15, -0.1) is 0 Å². The smallest absolute Gasteiger partial charge is 0.459 e. The molecule has 0 bridgehead atoms. The van der Waals surface area contributed by atoms with Gasteiger partial charge in [0.25, 0.3) is 0 Å². The molecule has 0 spiro atoms. The molecule has 1 aromatic carbocycles. The van der Waals surface area contributed by atoms with E-state index in [0.29, 0.717) is 41.3 Å². The summed E-state index contributed by atoms with van der Waals surface area (Å²) in [6.07, 6.45) is 3.48. The average molecular weight is 665 g/mol. The number of anilines is 1. The van der Waals surface area contributed by atoms with Crippen molar-refractivity contribution in [2.45, 2.75) is 88.1 Å². The van der Waals surface area contributed by atoms with Crippen LogP contribution in [0.4, 0.5) is 5.82 Å². The number of hydrogen-bond acceptors (Lipinski definition) is 12. The summed E-state index contributed by atoms with van der Waals surface area (Å²) in [6, 6.07) is 7.91. The second-order valence-corrected chi connectivity index (χ2v) is 14.1. The summed E-state index contributed by atoms with van der Waals surface area (Å²) in [5, 5.41) is 28.0. The molecule has 1 aliphatic heterocycles. The van der Waals surface area contributed by atoms with Gasteiger partial charge in [0, 0.05) is 17.8 Å². The van der Waals surface area contributed by atoms with Crippen LogP contribution in [0.15, 0.2) is 42.9 Å². The highest BCUT2D eigenvalue weighted by Crippen LogP contribution is 2.53. The maximum atomic E-state index is 14.3. The maximum Gasteiger partial charge on any atom is 0.459 e. The molecule has 45 heavy (non-hydrogen) atoms. The van der Waals surface area contributed by atoms with Crippen LogP contribution < -0.4 is 20.5 Å². The number of hydrazine groups is 1. The van der Waals surface area contributed by atoms with E-state index < -0.39 is 49.9 Å². The van der Waals surface area contributed by atoms with E-state index in [1.54, 1.807) is 29.0 Å². The van der Waals surface area contributed by atoms with E-state index in [9.17, 15) is 19.6 Å². The van der Waals surface area contributed by atoms with Gasteiger partial charge in [0.2, 0.25) is 0 Å². The zero-order valence-electron chi connectivity index (χ0n) is 25.0. The van der Waals surface area contributed by atoms with Crippen molar-refractivity contribution in [1.82, 2.24) is 19.6 Å². The minimum atomic E-state index is -4.29. The Labute approximate surface area is 265 Å². The minimum absolute atomic E-state index is 0.170. The minimum Gasteiger partial charge on any atom is -0.461 e. The van der Waals surface area contributed by atoms with Gasteiger partial charge < -0.3 is 28.8 Å². The Bertz CT molecular complexity index is 1580. The van der Waals surface area contributed by atoms with Gasteiger partial charge >= 0.3 is 13.7 Å². The standard InChI is InChI=1S/C29H38ClN6O8P/c1-3-36(31)25-21-12-15-35(24(21)32-17-33-25)26-28(2,39)23(37)22(43-26)16-41-45(40,44-20-10-8-18(30)9-11-20)34-29(13-14-29)27(38)42-19-6-4-5-7-19/h8-12,15,17,19,22-23,26,37,39H,3-7,13-14,16,31H2,1-2H3,(H,34,40)/t22?,23-,26?,28-,45?/m1/s1. The Kier molecular flexibility index (Phi) is 8.87. The summed E-state index contributed by atoms with van der Waals surface area (Å²) in [6.45, 7) is 3.35. The van der Waals surface area contributed by atoms with Crippen LogP contribution in [0.2, 0.25) is 5.02 Å². The quantitative estimate of drug-likeness (QED) is 0.0954. The molecule has 2 aliphatic carbocycles. The van der Waals surface area contributed by atoms with Gasteiger partial charge in [0.05, 0.1) is 12.0 Å². The first-order valence-corrected chi connectivity index (χ1v) is 17.0. The van der Waals surface area contributed by atoms with Gasteiger partial charge in [-0.1, -0.05) is 11.6 Å². The average Bonchev–Trinajstić information content (AvgIpc) is 3.31. The van der Waals surface area contributed by atoms with Gasteiger partial charge in [0.15, 0.2) is 12.0 Å². The Morgan fingerprint density at radius 3 is 2.62 bits per heavy atom. The van der Waals surface area contributed by atoms with Crippen molar-refractivity contribution in [3.8, 4) is 5.75 Å². The highest BCUT2D eigenvalue weighted by molar-refractivity contribution is 7.52. The normalized spacial score (nSPS) is 27.4. The van der Waals surface area contributed by atoms with Crippen LogP contribution in [-0.2, 0) is 23.4 Å². The summed E-state index contributed by atoms with van der Waals surface area (Å²) in [4.78, 5) is 21.8. The van der Waals surface area contributed by atoms with Crippen molar-refractivity contribution in [3.05, 3.63) is 47.9 Å². The zero-order chi connectivity index (χ0) is 32.0. The molecule has 3 fully saturated rings. The molecular weight excluding hydrogens is 627 g/mol. The predicted molar refractivity (Wildman–Crippen MR) is 164 cm³/mol. The van der Waals surface area contributed by atoms with E-state index in [-0.39, 0.29) is 11.9 Å². The summed E-state index contributed by atoms with van der Waals surface area (Å²) in [5.41, 5.74) is -2.61. The number of carbonyl (C=O) groups excluding carboxylic acids is 1. The molecule has 6 rings (SSSR count). The fourth-order valence-corrected chi connectivity index (χ4v) is 7.68. The molecule has 3 aliphatic rings. The number of nitrogens with one attached hydrogen (secondary N) is 1. The molecule has 2 aromatic heterocycles. The molecule has 3 aromatic rings. The Morgan fingerprint density at radius 1 is 1.24 bits per heavy atom. The van der Waals surface area contributed by atoms with E-state index in [4.69, 9.17) is 36.0 Å². The number of halogens is 1. The third-order valence-corrected chi connectivity index (χ3v) is 10.5. The SMILES string of the molecule is CCN(N)c1ncnc2c1ccn2C1OC(COP(=O)(NC2(C(=O)OC3CCCC3)CC2)Oc2ccc(Cl)cc2)[C@@H](O)[C@@]1(C)O. The number of carbonyl (C=O) groups is 1. The zero-order valence-corrected chi connectivity index (χ0v) is 26.7. The van der Waals surface area contributed by atoms with Crippen molar-refractivity contribution in [3.63, 3.8) is 0 Å². The number of aromatic nitrogens is 3. The number of nitrogens with zero attached hydrogens (tertiary/aromatic N) is 4. The lowest BCUT2D eigenvalue weighted by atomic mass is 9.96. The molecule has 14 nitrogen and oxygen atoms in total. The van der Waals surface area contributed by atoms with E-state index in [0.717, 1.165) is 25.7 Å². The number of benzene rings is 1. The van der Waals surface area contributed by atoms with Crippen LogP contribution in [0, 0.1) is 0 Å². The Balaban J connectivity index is 1.22. The molecule has 2 saturated carbocycles.